The first-order chi connectivity index (χ1) is 14.6. The molecule has 0 heterocycles. The van der Waals surface area contributed by atoms with E-state index in [1.165, 1.54) is 13.2 Å². The summed E-state index contributed by atoms with van der Waals surface area (Å²) in [6.07, 6.45) is 0. The van der Waals surface area contributed by atoms with E-state index in [9.17, 15) is 14.0 Å². The molecular formula is C24H33FN3O3+. The Labute approximate surface area is 184 Å². The zero-order valence-corrected chi connectivity index (χ0v) is 19.3. The number of ether oxygens (including phenoxy) is 1. The molecular weight excluding hydrogens is 397 g/mol. The molecule has 168 valence electrons. The third-order valence-electron chi connectivity index (χ3n) is 5.18. The summed E-state index contributed by atoms with van der Waals surface area (Å²) in [7, 11) is 3.23. The SMILES string of the molecule is CCN(Cc1ccc(OC)c(F)c1)C(=O)C[NH+](C)CC(=O)Nc1c(C)cc(C)cc1C. The Hall–Kier alpha value is -2.93. The maximum atomic E-state index is 13.9. The number of likely N-dealkylation sites (N-methyl/N-ethyl adjacent to an activating group) is 2. The first kappa shape index (κ1) is 24.3. The van der Waals surface area contributed by atoms with Gasteiger partial charge in [-0.05, 0) is 56.5 Å². The molecule has 2 aromatic rings. The van der Waals surface area contributed by atoms with E-state index in [-0.39, 0.29) is 30.7 Å². The van der Waals surface area contributed by atoms with E-state index in [4.69, 9.17) is 4.74 Å². The third kappa shape index (κ3) is 6.79. The number of halogens is 1. The number of benzene rings is 2. The highest BCUT2D eigenvalue weighted by molar-refractivity contribution is 5.93. The van der Waals surface area contributed by atoms with Gasteiger partial charge in [-0.3, -0.25) is 9.59 Å². The van der Waals surface area contributed by atoms with Crippen molar-refractivity contribution >= 4 is 17.5 Å². The summed E-state index contributed by atoms with van der Waals surface area (Å²) in [6.45, 7) is 8.98. The van der Waals surface area contributed by atoms with Crippen LogP contribution >= 0.6 is 0 Å². The standard InChI is InChI=1S/C24H32FN3O3/c1-7-28(13-19-8-9-21(31-6)20(25)12-19)23(30)15-27(5)14-22(29)26-24-17(3)10-16(2)11-18(24)4/h8-12H,7,13-15H2,1-6H3,(H,26,29)/p+1. The summed E-state index contributed by atoms with van der Waals surface area (Å²) in [5.41, 5.74) is 4.70. The third-order valence-corrected chi connectivity index (χ3v) is 5.18. The number of hydrogen-bond donors (Lipinski definition) is 2. The number of nitrogens with zero attached hydrogens (tertiary/aromatic N) is 1. The minimum Gasteiger partial charge on any atom is -0.494 e. The van der Waals surface area contributed by atoms with Crippen LogP contribution in [0.4, 0.5) is 10.1 Å². The molecule has 6 nitrogen and oxygen atoms in total. The molecule has 2 rings (SSSR count). The number of aryl methyl sites for hydroxylation is 3. The Morgan fingerprint density at radius 3 is 2.29 bits per heavy atom. The average Bonchev–Trinajstić information content (AvgIpc) is 2.68. The van der Waals surface area contributed by atoms with Crippen molar-refractivity contribution in [2.75, 3.05) is 39.1 Å². The van der Waals surface area contributed by atoms with Gasteiger partial charge in [-0.25, -0.2) is 4.39 Å². The van der Waals surface area contributed by atoms with Crippen molar-refractivity contribution in [1.29, 1.82) is 0 Å². The van der Waals surface area contributed by atoms with Gasteiger partial charge in [0.2, 0.25) is 0 Å². The van der Waals surface area contributed by atoms with E-state index in [0.717, 1.165) is 27.3 Å². The lowest BCUT2D eigenvalue weighted by Gasteiger charge is -2.23. The highest BCUT2D eigenvalue weighted by Crippen LogP contribution is 2.21. The van der Waals surface area contributed by atoms with E-state index >= 15 is 0 Å². The second kappa shape index (κ2) is 10.9. The second-order valence-corrected chi connectivity index (χ2v) is 8.01. The van der Waals surface area contributed by atoms with Crippen LogP contribution in [0.3, 0.4) is 0 Å². The maximum absolute atomic E-state index is 13.9. The highest BCUT2D eigenvalue weighted by atomic mass is 19.1. The van der Waals surface area contributed by atoms with Gasteiger partial charge in [0, 0.05) is 18.8 Å². The number of methoxy groups -OCH3 is 1. The normalized spacial score (nSPS) is 11.7. The Morgan fingerprint density at radius 1 is 1.10 bits per heavy atom. The van der Waals surface area contributed by atoms with Crippen molar-refractivity contribution in [3.8, 4) is 5.75 Å². The molecule has 0 saturated carbocycles. The Morgan fingerprint density at radius 2 is 1.74 bits per heavy atom. The number of quaternary nitrogens is 1. The van der Waals surface area contributed by atoms with Crippen molar-refractivity contribution < 1.29 is 23.6 Å². The molecule has 0 aliphatic rings. The van der Waals surface area contributed by atoms with Crippen LogP contribution in [0.25, 0.3) is 0 Å². The lowest BCUT2D eigenvalue weighted by Crippen LogP contribution is -3.11. The summed E-state index contributed by atoms with van der Waals surface area (Å²) in [4.78, 5) is 27.7. The van der Waals surface area contributed by atoms with Crippen LogP contribution in [-0.4, -0.2) is 50.5 Å². The Kier molecular flexibility index (Phi) is 8.56. The first-order valence-electron chi connectivity index (χ1n) is 10.4. The van der Waals surface area contributed by atoms with E-state index in [1.807, 2.05) is 46.9 Å². The molecule has 7 heteroatoms. The number of carbonyl (C=O) groups excluding carboxylic acids is 2. The molecule has 0 aliphatic heterocycles. The van der Waals surface area contributed by atoms with Crippen LogP contribution in [0.5, 0.6) is 5.75 Å². The van der Waals surface area contributed by atoms with Gasteiger partial charge < -0.3 is 19.9 Å². The smallest absolute Gasteiger partial charge is 0.279 e. The van der Waals surface area contributed by atoms with Crippen molar-refractivity contribution in [3.63, 3.8) is 0 Å². The van der Waals surface area contributed by atoms with Gasteiger partial charge in [0.15, 0.2) is 24.7 Å². The quantitative estimate of drug-likeness (QED) is 0.642. The van der Waals surface area contributed by atoms with E-state index < -0.39 is 5.82 Å². The molecule has 0 saturated heterocycles. The van der Waals surface area contributed by atoms with Crippen molar-refractivity contribution in [1.82, 2.24) is 4.90 Å². The van der Waals surface area contributed by atoms with Crippen molar-refractivity contribution in [2.45, 2.75) is 34.2 Å². The summed E-state index contributed by atoms with van der Waals surface area (Å²) in [5.74, 6) is -0.510. The molecule has 0 aromatic heterocycles. The predicted octanol–water partition coefficient (Wildman–Crippen LogP) is 2.26. The van der Waals surface area contributed by atoms with Gasteiger partial charge in [0.25, 0.3) is 11.8 Å². The Balaban J connectivity index is 1.94. The summed E-state index contributed by atoms with van der Waals surface area (Å²) in [5, 5.41) is 2.97. The molecule has 0 bridgehead atoms. The molecule has 2 aromatic carbocycles. The fourth-order valence-corrected chi connectivity index (χ4v) is 3.67. The average molecular weight is 431 g/mol. The lowest BCUT2D eigenvalue weighted by molar-refractivity contribution is -0.862. The van der Waals surface area contributed by atoms with Crippen LogP contribution in [0, 0.1) is 26.6 Å². The largest absolute Gasteiger partial charge is 0.494 e. The molecule has 0 spiro atoms. The number of anilines is 1. The Bertz CT molecular complexity index is 923. The fraction of sp³-hybridized carbons (Fsp3) is 0.417. The topological polar surface area (TPSA) is 63.1 Å². The number of rotatable bonds is 9. The van der Waals surface area contributed by atoms with Crippen LogP contribution in [0.2, 0.25) is 0 Å². The van der Waals surface area contributed by atoms with Gasteiger partial charge in [0.05, 0.1) is 14.2 Å². The van der Waals surface area contributed by atoms with Crippen LogP contribution in [-0.2, 0) is 16.1 Å². The molecule has 2 N–H and O–H groups in total. The molecule has 1 atom stereocenters. The minimum absolute atomic E-state index is 0.0910. The summed E-state index contributed by atoms with van der Waals surface area (Å²) < 4.78 is 18.9. The van der Waals surface area contributed by atoms with E-state index in [2.05, 4.69) is 5.32 Å². The fourth-order valence-electron chi connectivity index (χ4n) is 3.67. The van der Waals surface area contributed by atoms with Gasteiger partial charge in [-0.15, -0.1) is 0 Å². The molecule has 0 fully saturated rings. The minimum atomic E-state index is -0.454. The van der Waals surface area contributed by atoms with Crippen LogP contribution in [0.15, 0.2) is 30.3 Å². The van der Waals surface area contributed by atoms with Crippen molar-refractivity contribution in [2.24, 2.45) is 0 Å². The number of nitrogens with one attached hydrogen (secondary N) is 2. The molecule has 0 radical (unpaired) electrons. The molecule has 0 aliphatic carbocycles. The molecule has 31 heavy (non-hydrogen) atoms. The maximum Gasteiger partial charge on any atom is 0.279 e. The molecule has 2 amide bonds. The number of amides is 2. The van der Waals surface area contributed by atoms with E-state index in [0.29, 0.717) is 18.7 Å². The van der Waals surface area contributed by atoms with Crippen LogP contribution < -0.4 is 15.0 Å². The summed E-state index contributed by atoms with van der Waals surface area (Å²) in [6, 6.07) is 8.74. The van der Waals surface area contributed by atoms with Gasteiger partial charge >= 0.3 is 0 Å². The van der Waals surface area contributed by atoms with Gasteiger partial charge in [-0.2, -0.15) is 0 Å². The van der Waals surface area contributed by atoms with E-state index in [1.54, 1.807) is 17.0 Å². The zero-order valence-electron chi connectivity index (χ0n) is 19.3. The van der Waals surface area contributed by atoms with Gasteiger partial charge in [-0.1, -0.05) is 23.8 Å². The highest BCUT2D eigenvalue weighted by Gasteiger charge is 2.20. The summed E-state index contributed by atoms with van der Waals surface area (Å²) >= 11 is 0. The first-order valence-corrected chi connectivity index (χ1v) is 10.4. The lowest BCUT2D eigenvalue weighted by atomic mass is 10.1. The van der Waals surface area contributed by atoms with Gasteiger partial charge in [0.1, 0.15) is 0 Å². The van der Waals surface area contributed by atoms with Crippen molar-refractivity contribution in [3.05, 3.63) is 58.4 Å². The predicted molar refractivity (Wildman–Crippen MR) is 120 cm³/mol. The zero-order chi connectivity index (χ0) is 23.1. The van der Waals surface area contributed by atoms with Crippen LogP contribution in [0.1, 0.15) is 29.2 Å². The number of hydrogen-bond acceptors (Lipinski definition) is 3. The second-order valence-electron chi connectivity index (χ2n) is 8.01. The molecule has 1 unspecified atom stereocenters. The number of carbonyl (C=O) groups is 2. The monoisotopic (exact) mass is 430 g/mol.